The van der Waals surface area contributed by atoms with Crippen molar-refractivity contribution in [1.29, 1.82) is 0 Å². The number of carbonyl (C=O) groups excluding carboxylic acids is 1. The molecule has 0 fully saturated rings. The highest BCUT2D eigenvalue weighted by atomic mass is 32.1. The highest BCUT2D eigenvalue weighted by Crippen LogP contribution is 2.25. The molecule has 146 valence electrons. The molecule has 0 aliphatic heterocycles. The monoisotopic (exact) mass is 404 g/mol. The second-order valence-corrected chi connectivity index (χ2v) is 7.57. The van der Waals surface area contributed by atoms with E-state index in [0.717, 1.165) is 39.5 Å². The molecule has 6 nitrogen and oxygen atoms in total. The molecule has 1 amide bonds. The molecule has 0 saturated heterocycles. The van der Waals surface area contributed by atoms with Crippen molar-refractivity contribution >= 4 is 22.9 Å². The van der Waals surface area contributed by atoms with Crippen molar-refractivity contribution in [2.75, 3.05) is 5.32 Å². The van der Waals surface area contributed by atoms with Gasteiger partial charge in [-0.25, -0.2) is 4.98 Å². The van der Waals surface area contributed by atoms with E-state index in [1.165, 1.54) is 6.92 Å². The number of carbonyl (C=O) groups is 1. The molecule has 0 radical (unpaired) electrons. The Kier molecular flexibility index (Phi) is 5.48. The van der Waals surface area contributed by atoms with Crippen LogP contribution in [0.1, 0.15) is 30.3 Å². The summed E-state index contributed by atoms with van der Waals surface area (Å²) in [6, 6.07) is 15.6. The largest absolute Gasteiger partial charge is 0.339 e. The van der Waals surface area contributed by atoms with Gasteiger partial charge in [-0.05, 0) is 24.1 Å². The first-order chi connectivity index (χ1) is 14.1. The molecular formula is C22H20N4O2S. The number of benzene rings is 2. The molecule has 0 bridgehead atoms. The van der Waals surface area contributed by atoms with Gasteiger partial charge in [0.25, 0.3) is 0 Å². The van der Waals surface area contributed by atoms with Gasteiger partial charge in [0, 0.05) is 29.1 Å². The fourth-order valence-electron chi connectivity index (χ4n) is 2.92. The normalized spacial score (nSPS) is 10.8. The Hall–Kier alpha value is -3.32. The number of hydrogen-bond donors (Lipinski definition) is 1. The zero-order chi connectivity index (χ0) is 20.2. The minimum absolute atomic E-state index is 0.0918. The van der Waals surface area contributed by atoms with Crippen molar-refractivity contribution in [3.63, 3.8) is 0 Å². The molecule has 0 aliphatic carbocycles. The SMILES string of the molecule is CCc1nc(-c2ccc(-c3noc(Cc4ccc(NC(C)=O)cc4)n3)cc2)cs1. The number of anilines is 1. The third-order valence-corrected chi connectivity index (χ3v) is 5.38. The van der Waals surface area contributed by atoms with Crippen LogP contribution in [0.4, 0.5) is 5.69 Å². The van der Waals surface area contributed by atoms with Crippen molar-refractivity contribution in [1.82, 2.24) is 15.1 Å². The van der Waals surface area contributed by atoms with Crippen molar-refractivity contribution in [3.8, 4) is 22.6 Å². The second-order valence-electron chi connectivity index (χ2n) is 6.62. The third-order valence-electron chi connectivity index (χ3n) is 4.39. The number of amides is 1. The Morgan fingerprint density at radius 2 is 1.76 bits per heavy atom. The predicted molar refractivity (Wildman–Crippen MR) is 114 cm³/mol. The van der Waals surface area contributed by atoms with E-state index in [0.29, 0.717) is 18.1 Å². The zero-order valence-electron chi connectivity index (χ0n) is 16.2. The first-order valence-electron chi connectivity index (χ1n) is 9.35. The summed E-state index contributed by atoms with van der Waals surface area (Å²) in [5.74, 6) is 1.02. The molecule has 4 aromatic rings. The van der Waals surface area contributed by atoms with E-state index in [2.05, 4.69) is 32.7 Å². The lowest BCUT2D eigenvalue weighted by Crippen LogP contribution is -2.05. The lowest BCUT2D eigenvalue weighted by Gasteiger charge is -2.02. The standard InChI is InChI=1S/C22H20N4O2S/c1-3-21-24-19(13-29-21)16-6-8-17(9-7-16)22-25-20(28-26-22)12-15-4-10-18(11-5-15)23-14(2)27/h4-11,13H,3,12H2,1-2H3,(H,23,27). The van der Waals surface area contributed by atoms with Gasteiger partial charge < -0.3 is 9.84 Å². The molecule has 0 spiro atoms. The maximum Gasteiger partial charge on any atom is 0.231 e. The number of nitrogens with one attached hydrogen (secondary N) is 1. The van der Waals surface area contributed by atoms with Gasteiger partial charge in [-0.3, -0.25) is 4.79 Å². The van der Waals surface area contributed by atoms with E-state index in [1.54, 1.807) is 11.3 Å². The van der Waals surface area contributed by atoms with E-state index in [-0.39, 0.29) is 5.91 Å². The predicted octanol–water partition coefficient (Wildman–Crippen LogP) is 4.97. The maximum atomic E-state index is 11.1. The first-order valence-corrected chi connectivity index (χ1v) is 10.2. The van der Waals surface area contributed by atoms with E-state index in [4.69, 9.17) is 4.52 Å². The molecule has 7 heteroatoms. The van der Waals surface area contributed by atoms with Crippen molar-refractivity contribution in [2.24, 2.45) is 0 Å². The van der Waals surface area contributed by atoms with Gasteiger partial charge in [0.15, 0.2) is 0 Å². The summed E-state index contributed by atoms with van der Waals surface area (Å²) in [5, 5.41) is 10.1. The van der Waals surface area contributed by atoms with Crippen LogP contribution in [0.2, 0.25) is 0 Å². The number of hydrogen-bond acceptors (Lipinski definition) is 6. The lowest BCUT2D eigenvalue weighted by atomic mass is 10.1. The minimum atomic E-state index is -0.0918. The average Bonchev–Trinajstić information content (AvgIpc) is 3.39. The van der Waals surface area contributed by atoms with E-state index >= 15 is 0 Å². The molecule has 2 aromatic carbocycles. The molecule has 4 rings (SSSR count). The summed E-state index contributed by atoms with van der Waals surface area (Å²) in [5.41, 5.74) is 4.76. The Labute approximate surface area is 172 Å². The van der Waals surface area contributed by atoms with Crippen LogP contribution < -0.4 is 5.32 Å². The number of aromatic nitrogens is 3. The van der Waals surface area contributed by atoms with Crippen molar-refractivity contribution < 1.29 is 9.32 Å². The maximum absolute atomic E-state index is 11.1. The highest BCUT2D eigenvalue weighted by Gasteiger charge is 2.11. The highest BCUT2D eigenvalue weighted by molar-refractivity contribution is 7.09. The summed E-state index contributed by atoms with van der Waals surface area (Å²) < 4.78 is 5.41. The molecule has 1 N–H and O–H groups in total. The molecule has 2 aromatic heterocycles. The van der Waals surface area contributed by atoms with Crippen LogP contribution in [-0.4, -0.2) is 21.0 Å². The van der Waals surface area contributed by atoms with Gasteiger partial charge in [0.05, 0.1) is 17.1 Å². The van der Waals surface area contributed by atoms with Crippen LogP contribution in [0.25, 0.3) is 22.6 Å². The fraction of sp³-hybridized carbons (Fsp3) is 0.182. The summed E-state index contributed by atoms with van der Waals surface area (Å²) in [6.45, 7) is 3.59. The minimum Gasteiger partial charge on any atom is -0.339 e. The van der Waals surface area contributed by atoms with E-state index in [9.17, 15) is 4.79 Å². The summed E-state index contributed by atoms with van der Waals surface area (Å²) >= 11 is 1.68. The molecule has 0 aliphatic rings. The summed E-state index contributed by atoms with van der Waals surface area (Å²) in [7, 11) is 0. The summed E-state index contributed by atoms with van der Waals surface area (Å²) in [4.78, 5) is 20.2. The summed E-state index contributed by atoms with van der Waals surface area (Å²) in [6.07, 6.45) is 1.48. The van der Waals surface area contributed by atoms with Gasteiger partial charge in [0.1, 0.15) is 0 Å². The van der Waals surface area contributed by atoms with Gasteiger partial charge in [-0.2, -0.15) is 4.98 Å². The Morgan fingerprint density at radius 1 is 1.03 bits per heavy atom. The zero-order valence-corrected chi connectivity index (χ0v) is 17.0. The molecular weight excluding hydrogens is 384 g/mol. The quantitative estimate of drug-likeness (QED) is 0.491. The van der Waals surface area contributed by atoms with Gasteiger partial charge in [-0.1, -0.05) is 48.5 Å². The van der Waals surface area contributed by atoms with E-state index < -0.39 is 0 Å². The van der Waals surface area contributed by atoms with Crippen LogP contribution >= 0.6 is 11.3 Å². The average molecular weight is 404 g/mol. The Bertz CT molecular complexity index is 1110. The number of aryl methyl sites for hydroxylation is 1. The third kappa shape index (κ3) is 4.57. The fourth-order valence-corrected chi connectivity index (χ4v) is 3.68. The second kappa shape index (κ2) is 8.36. The topological polar surface area (TPSA) is 80.9 Å². The first kappa shape index (κ1) is 19.0. The van der Waals surface area contributed by atoms with Gasteiger partial charge >= 0.3 is 0 Å². The van der Waals surface area contributed by atoms with Crippen LogP contribution in [0, 0.1) is 0 Å². The van der Waals surface area contributed by atoms with Crippen LogP contribution in [-0.2, 0) is 17.6 Å². The van der Waals surface area contributed by atoms with E-state index in [1.807, 2.05) is 48.5 Å². The molecule has 0 unspecified atom stereocenters. The molecule has 29 heavy (non-hydrogen) atoms. The Balaban J connectivity index is 1.45. The van der Waals surface area contributed by atoms with Crippen LogP contribution in [0.15, 0.2) is 58.4 Å². The van der Waals surface area contributed by atoms with Crippen LogP contribution in [0.3, 0.4) is 0 Å². The van der Waals surface area contributed by atoms with Gasteiger partial charge in [0.2, 0.25) is 17.6 Å². The molecule has 2 heterocycles. The number of thiazole rings is 1. The van der Waals surface area contributed by atoms with Crippen molar-refractivity contribution in [2.45, 2.75) is 26.7 Å². The number of nitrogens with zero attached hydrogens (tertiary/aromatic N) is 3. The van der Waals surface area contributed by atoms with Gasteiger partial charge in [-0.15, -0.1) is 11.3 Å². The molecule has 0 saturated carbocycles. The number of rotatable bonds is 6. The Morgan fingerprint density at radius 3 is 2.41 bits per heavy atom. The molecule has 0 atom stereocenters. The van der Waals surface area contributed by atoms with Crippen molar-refractivity contribution in [3.05, 3.63) is 70.4 Å². The van der Waals surface area contributed by atoms with Crippen LogP contribution in [0.5, 0.6) is 0 Å². The lowest BCUT2D eigenvalue weighted by molar-refractivity contribution is -0.114. The smallest absolute Gasteiger partial charge is 0.231 e.